The summed E-state index contributed by atoms with van der Waals surface area (Å²) in [7, 11) is 0. The van der Waals surface area contributed by atoms with E-state index >= 15 is 0 Å². The molecule has 1 aromatic rings. The van der Waals surface area contributed by atoms with E-state index in [1.54, 1.807) is 6.07 Å². The highest BCUT2D eigenvalue weighted by Gasteiger charge is 2.12. The van der Waals surface area contributed by atoms with Crippen molar-refractivity contribution in [2.75, 3.05) is 0 Å². The summed E-state index contributed by atoms with van der Waals surface area (Å²) >= 11 is 0. The lowest BCUT2D eigenvalue weighted by Crippen LogP contribution is -2.26. The molecule has 1 N–H and O–H groups in total. The molecule has 18 heavy (non-hydrogen) atoms. The van der Waals surface area contributed by atoms with Gasteiger partial charge in [0.25, 0.3) is 0 Å². The molecule has 0 aliphatic rings. The molecule has 0 aliphatic heterocycles. The minimum atomic E-state index is -0.665. The normalized spacial score (nSPS) is 12.2. The smallest absolute Gasteiger partial charge is 0.131 e. The molecule has 0 spiro atoms. The molecular formula is C14H18F2N2. The molecule has 0 aliphatic carbocycles. The topological polar surface area (TPSA) is 35.8 Å². The van der Waals surface area contributed by atoms with E-state index in [1.807, 2.05) is 6.92 Å². The number of nitrogens with one attached hydrogen (secondary N) is 1. The molecule has 1 aromatic carbocycles. The lowest BCUT2D eigenvalue weighted by molar-refractivity contribution is 0.470. The fraction of sp³-hybridized carbons (Fsp3) is 0.500. The number of halogens is 2. The molecule has 0 saturated carbocycles. The zero-order valence-electron chi connectivity index (χ0n) is 10.8. The number of hydrogen-bond acceptors (Lipinski definition) is 2. The zero-order valence-corrected chi connectivity index (χ0v) is 10.8. The van der Waals surface area contributed by atoms with Gasteiger partial charge in [-0.2, -0.15) is 5.26 Å². The summed E-state index contributed by atoms with van der Waals surface area (Å²) in [6.45, 7) is 4.25. The molecule has 4 heteroatoms. The first-order chi connectivity index (χ1) is 8.58. The third kappa shape index (κ3) is 4.08. The van der Waals surface area contributed by atoms with Crippen LogP contribution in [0.3, 0.4) is 0 Å². The van der Waals surface area contributed by atoms with E-state index in [0.29, 0.717) is 0 Å². The van der Waals surface area contributed by atoms with Crippen LogP contribution in [0.2, 0.25) is 0 Å². The Morgan fingerprint density at radius 2 is 1.94 bits per heavy atom. The molecule has 0 bridgehead atoms. The van der Waals surface area contributed by atoms with E-state index in [2.05, 4.69) is 12.2 Å². The standard InChI is InChI=1S/C14H18F2N2/c1-3-4-5-10(2)18-9-12-13(15)6-11(8-17)7-14(12)16/h6-7,10,18H,3-5,9H2,1-2H3. The molecule has 0 aromatic heterocycles. The number of nitrogens with zero attached hydrogens (tertiary/aromatic N) is 1. The molecule has 0 radical (unpaired) electrons. The minimum Gasteiger partial charge on any atom is -0.310 e. The maximum absolute atomic E-state index is 13.6. The van der Waals surface area contributed by atoms with Crippen molar-refractivity contribution in [3.63, 3.8) is 0 Å². The SMILES string of the molecule is CCCCC(C)NCc1c(F)cc(C#N)cc1F. The van der Waals surface area contributed by atoms with Crippen LogP contribution in [0.25, 0.3) is 0 Å². The van der Waals surface area contributed by atoms with E-state index in [0.717, 1.165) is 31.4 Å². The maximum Gasteiger partial charge on any atom is 0.131 e. The van der Waals surface area contributed by atoms with Gasteiger partial charge < -0.3 is 5.32 Å². The van der Waals surface area contributed by atoms with Gasteiger partial charge >= 0.3 is 0 Å². The third-order valence-electron chi connectivity index (χ3n) is 2.89. The van der Waals surface area contributed by atoms with Crippen LogP contribution in [0.15, 0.2) is 12.1 Å². The Balaban J connectivity index is 2.65. The lowest BCUT2D eigenvalue weighted by Gasteiger charge is -2.14. The van der Waals surface area contributed by atoms with E-state index in [1.165, 1.54) is 0 Å². The first kappa shape index (κ1) is 14.6. The summed E-state index contributed by atoms with van der Waals surface area (Å²) in [5.41, 5.74) is 0.00475. The van der Waals surface area contributed by atoms with Crippen molar-refractivity contribution in [2.24, 2.45) is 0 Å². The maximum atomic E-state index is 13.6. The van der Waals surface area contributed by atoms with Crippen LogP contribution in [-0.2, 0) is 6.54 Å². The van der Waals surface area contributed by atoms with Gasteiger partial charge in [-0.05, 0) is 25.5 Å². The number of nitriles is 1. The van der Waals surface area contributed by atoms with Gasteiger partial charge in [0.2, 0.25) is 0 Å². The Kier molecular flexibility index (Phi) is 5.73. The summed E-state index contributed by atoms with van der Waals surface area (Å²) in [6, 6.07) is 4.08. The van der Waals surface area contributed by atoms with Crippen molar-refractivity contribution in [3.8, 4) is 6.07 Å². The molecular weight excluding hydrogens is 234 g/mol. The largest absolute Gasteiger partial charge is 0.310 e. The number of hydrogen-bond donors (Lipinski definition) is 1. The summed E-state index contributed by atoms with van der Waals surface area (Å²) in [5.74, 6) is -1.33. The average Bonchev–Trinajstić information content (AvgIpc) is 2.34. The fourth-order valence-corrected chi connectivity index (χ4v) is 1.73. The number of rotatable bonds is 6. The first-order valence-corrected chi connectivity index (χ1v) is 6.19. The second-order valence-electron chi connectivity index (χ2n) is 4.45. The third-order valence-corrected chi connectivity index (χ3v) is 2.89. The first-order valence-electron chi connectivity index (χ1n) is 6.19. The molecule has 98 valence electrons. The highest BCUT2D eigenvalue weighted by molar-refractivity contribution is 5.34. The Morgan fingerprint density at radius 3 is 2.44 bits per heavy atom. The summed E-state index contributed by atoms with van der Waals surface area (Å²) in [5, 5.41) is 11.7. The van der Waals surface area contributed by atoms with E-state index < -0.39 is 11.6 Å². The van der Waals surface area contributed by atoms with Gasteiger partial charge in [-0.25, -0.2) is 8.78 Å². The van der Waals surface area contributed by atoms with E-state index in [9.17, 15) is 8.78 Å². The molecule has 1 unspecified atom stereocenters. The lowest BCUT2D eigenvalue weighted by atomic mass is 10.1. The van der Waals surface area contributed by atoms with Crippen LogP contribution in [0.4, 0.5) is 8.78 Å². The number of benzene rings is 1. The van der Waals surface area contributed by atoms with Crippen molar-refractivity contribution in [3.05, 3.63) is 34.9 Å². The van der Waals surface area contributed by atoms with Gasteiger partial charge in [0, 0.05) is 18.2 Å². The van der Waals surface area contributed by atoms with E-state index in [-0.39, 0.29) is 23.7 Å². The molecule has 0 fully saturated rings. The number of unbranched alkanes of at least 4 members (excludes halogenated alkanes) is 1. The summed E-state index contributed by atoms with van der Waals surface area (Å²) in [6.07, 6.45) is 3.17. The quantitative estimate of drug-likeness (QED) is 0.841. The fourth-order valence-electron chi connectivity index (χ4n) is 1.73. The second kappa shape index (κ2) is 7.07. The Bertz CT molecular complexity index is 415. The average molecular weight is 252 g/mol. The molecule has 1 atom stereocenters. The van der Waals surface area contributed by atoms with Gasteiger partial charge in [-0.15, -0.1) is 0 Å². The van der Waals surface area contributed by atoms with Crippen LogP contribution in [0, 0.1) is 23.0 Å². The summed E-state index contributed by atoms with van der Waals surface area (Å²) in [4.78, 5) is 0. The molecule has 2 nitrogen and oxygen atoms in total. The zero-order chi connectivity index (χ0) is 13.5. The van der Waals surface area contributed by atoms with Gasteiger partial charge in [0.05, 0.1) is 11.6 Å². The highest BCUT2D eigenvalue weighted by atomic mass is 19.1. The molecule has 0 saturated heterocycles. The second-order valence-corrected chi connectivity index (χ2v) is 4.45. The predicted octanol–water partition coefficient (Wildman–Crippen LogP) is 3.50. The van der Waals surface area contributed by atoms with Crippen LogP contribution >= 0.6 is 0 Å². The minimum absolute atomic E-state index is 0.00246. The van der Waals surface area contributed by atoms with Gasteiger partial charge in [-0.1, -0.05) is 19.8 Å². The van der Waals surface area contributed by atoms with Crippen molar-refractivity contribution in [2.45, 2.75) is 45.7 Å². The Hall–Kier alpha value is -1.47. The van der Waals surface area contributed by atoms with Gasteiger partial charge in [-0.3, -0.25) is 0 Å². The predicted molar refractivity (Wildman–Crippen MR) is 66.9 cm³/mol. The monoisotopic (exact) mass is 252 g/mol. The van der Waals surface area contributed by atoms with Crippen LogP contribution < -0.4 is 5.32 Å². The van der Waals surface area contributed by atoms with E-state index in [4.69, 9.17) is 5.26 Å². The van der Waals surface area contributed by atoms with Gasteiger partial charge in [0.1, 0.15) is 11.6 Å². The Labute approximate surface area is 107 Å². The van der Waals surface area contributed by atoms with Crippen LogP contribution in [0.5, 0.6) is 0 Å². The molecule has 0 amide bonds. The van der Waals surface area contributed by atoms with Crippen molar-refractivity contribution in [1.82, 2.24) is 5.32 Å². The highest BCUT2D eigenvalue weighted by Crippen LogP contribution is 2.15. The molecule has 0 heterocycles. The van der Waals surface area contributed by atoms with Crippen molar-refractivity contribution in [1.29, 1.82) is 5.26 Å². The van der Waals surface area contributed by atoms with Crippen molar-refractivity contribution < 1.29 is 8.78 Å². The van der Waals surface area contributed by atoms with Crippen LogP contribution in [-0.4, -0.2) is 6.04 Å². The van der Waals surface area contributed by atoms with Crippen molar-refractivity contribution >= 4 is 0 Å². The Morgan fingerprint density at radius 1 is 1.33 bits per heavy atom. The van der Waals surface area contributed by atoms with Gasteiger partial charge in [0.15, 0.2) is 0 Å². The summed E-state index contributed by atoms with van der Waals surface area (Å²) < 4.78 is 27.1. The molecule has 1 rings (SSSR count). The van der Waals surface area contributed by atoms with Crippen LogP contribution in [0.1, 0.15) is 44.2 Å².